The van der Waals surface area contributed by atoms with Gasteiger partial charge in [-0.25, -0.2) is 4.39 Å². The molecular weight excluding hydrogens is 255 g/mol. The van der Waals surface area contributed by atoms with Crippen molar-refractivity contribution in [2.75, 3.05) is 27.2 Å². The summed E-state index contributed by atoms with van der Waals surface area (Å²) in [6, 6.07) is 6.11. The highest BCUT2D eigenvalue weighted by molar-refractivity contribution is 5.32. The van der Waals surface area contributed by atoms with Crippen molar-refractivity contribution in [1.29, 1.82) is 0 Å². The van der Waals surface area contributed by atoms with Gasteiger partial charge in [0.2, 0.25) is 0 Å². The number of ether oxygens (including phenoxy) is 1. The molecule has 2 atom stereocenters. The van der Waals surface area contributed by atoms with E-state index in [1.165, 1.54) is 7.11 Å². The fourth-order valence-corrected chi connectivity index (χ4v) is 3.27. The van der Waals surface area contributed by atoms with Crippen LogP contribution in [0.2, 0.25) is 0 Å². The molecular formula is C16H25FN2O. The van der Waals surface area contributed by atoms with Gasteiger partial charge in [0.1, 0.15) is 0 Å². The van der Waals surface area contributed by atoms with Gasteiger partial charge in [-0.3, -0.25) is 4.90 Å². The van der Waals surface area contributed by atoms with Gasteiger partial charge in [-0.05, 0) is 64.0 Å². The molecule has 1 aliphatic rings. The molecule has 0 aliphatic carbocycles. The molecule has 0 bridgehead atoms. The highest BCUT2D eigenvalue weighted by Crippen LogP contribution is 2.39. The van der Waals surface area contributed by atoms with Gasteiger partial charge in [0, 0.05) is 12.1 Å². The van der Waals surface area contributed by atoms with Gasteiger partial charge in [0.25, 0.3) is 0 Å². The highest BCUT2D eigenvalue weighted by atomic mass is 19.1. The van der Waals surface area contributed by atoms with E-state index < -0.39 is 0 Å². The highest BCUT2D eigenvalue weighted by Gasteiger charge is 2.36. The molecule has 0 radical (unpaired) electrons. The van der Waals surface area contributed by atoms with E-state index in [-0.39, 0.29) is 11.9 Å². The molecule has 1 aromatic carbocycles. The summed E-state index contributed by atoms with van der Waals surface area (Å²) in [4.78, 5) is 2.46. The Morgan fingerprint density at radius 1 is 1.45 bits per heavy atom. The minimum atomic E-state index is -0.274. The van der Waals surface area contributed by atoms with Crippen LogP contribution in [0.3, 0.4) is 0 Å². The quantitative estimate of drug-likeness (QED) is 0.897. The maximum Gasteiger partial charge on any atom is 0.165 e. The number of halogens is 1. The van der Waals surface area contributed by atoms with Crippen LogP contribution in [0.4, 0.5) is 4.39 Å². The van der Waals surface area contributed by atoms with Gasteiger partial charge in [0.15, 0.2) is 11.6 Å². The summed E-state index contributed by atoms with van der Waals surface area (Å²) < 4.78 is 19.0. The van der Waals surface area contributed by atoms with Crippen molar-refractivity contribution < 1.29 is 9.13 Å². The van der Waals surface area contributed by atoms with Crippen LogP contribution in [0.1, 0.15) is 31.9 Å². The number of likely N-dealkylation sites (tertiary alicyclic amines) is 1. The SMILES string of the molecule is CNCC1CCN(C(C)C)C1c1ccc(OC)c(F)c1. The van der Waals surface area contributed by atoms with Gasteiger partial charge in [-0.15, -0.1) is 0 Å². The molecule has 1 heterocycles. The van der Waals surface area contributed by atoms with Crippen LogP contribution in [0.25, 0.3) is 0 Å². The van der Waals surface area contributed by atoms with E-state index in [9.17, 15) is 4.39 Å². The molecule has 1 saturated heterocycles. The van der Waals surface area contributed by atoms with Crippen LogP contribution >= 0.6 is 0 Å². The van der Waals surface area contributed by atoms with Gasteiger partial charge in [0.05, 0.1) is 7.11 Å². The molecule has 1 aromatic rings. The van der Waals surface area contributed by atoms with E-state index in [1.54, 1.807) is 12.1 Å². The Morgan fingerprint density at radius 3 is 2.75 bits per heavy atom. The molecule has 0 amide bonds. The normalized spacial score (nSPS) is 23.5. The molecule has 1 fully saturated rings. The first-order chi connectivity index (χ1) is 9.58. The molecule has 4 heteroatoms. The standard InChI is InChI=1S/C16H25FN2O/c1-11(2)19-8-7-13(10-18-3)16(19)12-5-6-15(20-4)14(17)9-12/h5-6,9,11,13,16,18H,7-8,10H2,1-4H3. The Labute approximate surface area is 121 Å². The fraction of sp³-hybridized carbons (Fsp3) is 0.625. The molecule has 0 spiro atoms. The summed E-state index contributed by atoms with van der Waals surface area (Å²) in [5, 5.41) is 3.26. The van der Waals surface area contributed by atoms with Crippen molar-refractivity contribution in [3.63, 3.8) is 0 Å². The van der Waals surface area contributed by atoms with E-state index in [4.69, 9.17) is 4.74 Å². The van der Waals surface area contributed by atoms with Gasteiger partial charge in [-0.1, -0.05) is 6.07 Å². The Morgan fingerprint density at radius 2 is 2.20 bits per heavy atom. The third-order valence-corrected chi connectivity index (χ3v) is 4.21. The number of nitrogens with zero attached hydrogens (tertiary/aromatic N) is 1. The van der Waals surface area contributed by atoms with Crippen LogP contribution in [0, 0.1) is 11.7 Å². The maximum absolute atomic E-state index is 14.0. The van der Waals surface area contributed by atoms with Gasteiger partial charge in [-0.2, -0.15) is 0 Å². The second-order valence-corrected chi connectivity index (χ2v) is 5.78. The maximum atomic E-state index is 14.0. The molecule has 0 aromatic heterocycles. The van der Waals surface area contributed by atoms with Crippen LogP contribution < -0.4 is 10.1 Å². The summed E-state index contributed by atoms with van der Waals surface area (Å²) in [5.74, 6) is 0.562. The first kappa shape index (κ1) is 15.3. The molecule has 0 saturated carbocycles. The third kappa shape index (κ3) is 2.96. The summed E-state index contributed by atoms with van der Waals surface area (Å²) >= 11 is 0. The molecule has 20 heavy (non-hydrogen) atoms. The lowest BCUT2D eigenvalue weighted by molar-refractivity contribution is 0.182. The van der Waals surface area contributed by atoms with Crippen LogP contribution in [0.15, 0.2) is 18.2 Å². The topological polar surface area (TPSA) is 24.5 Å². The summed E-state index contributed by atoms with van der Waals surface area (Å²) in [7, 11) is 3.47. The Balaban J connectivity index is 2.31. The minimum Gasteiger partial charge on any atom is -0.494 e. The zero-order valence-corrected chi connectivity index (χ0v) is 12.8. The number of methoxy groups -OCH3 is 1. The molecule has 1 aliphatic heterocycles. The second-order valence-electron chi connectivity index (χ2n) is 5.78. The zero-order chi connectivity index (χ0) is 14.7. The predicted molar refractivity (Wildman–Crippen MR) is 79.6 cm³/mol. The summed E-state index contributed by atoms with van der Waals surface area (Å²) in [6.07, 6.45) is 1.15. The average molecular weight is 280 g/mol. The Bertz CT molecular complexity index is 450. The predicted octanol–water partition coefficient (Wildman–Crippen LogP) is 2.83. The third-order valence-electron chi connectivity index (χ3n) is 4.21. The van der Waals surface area contributed by atoms with Crippen LogP contribution in [-0.4, -0.2) is 38.2 Å². The van der Waals surface area contributed by atoms with E-state index in [1.807, 2.05) is 13.1 Å². The lowest BCUT2D eigenvalue weighted by Gasteiger charge is -2.32. The zero-order valence-electron chi connectivity index (χ0n) is 12.8. The molecule has 3 nitrogen and oxygen atoms in total. The van der Waals surface area contributed by atoms with Crippen LogP contribution in [0.5, 0.6) is 5.75 Å². The van der Waals surface area contributed by atoms with Crippen molar-refractivity contribution >= 4 is 0 Å². The number of hydrogen-bond acceptors (Lipinski definition) is 3. The lowest BCUT2D eigenvalue weighted by atomic mass is 9.93. The van der Waals surface area contributed by atoms with Crippen molar-refractivity contribution in [2.45, 2.75) is 32.4 Å². The summed E-state index contributed by atoms with van der Waals surface area (Å²) in [6.45, 7) is 6.44. The van der Waals surface area contributed by atoms with E-state index >= 15 is 0 Å². The first-order valence-electron chi connectivity index (χ1n) is 7.32. The van der Waals surface area contributed by atoms with Crippen molar-refractivity contribution in [2.24, 2.45) is 5.92 Å². The average Bonchev–Trinajstić information content (AvgIpc) is 2.83. The van der Waals surface area contributed by atoms with E-state index in [2.05, 4.69) is 24.1 Å². The van der Waals surface area contributed by atoms with E-state index in [0.717, 1.165) is 25.1 Å². The van der Waals surface area contributed by atoms with E-state index in [0.29, 0.717) is 17.7 Å². The number of benzene rings is 1. The molecule has 1 N–H and O–H groups in total. The molecule has 2 rings (SSSR count). The first-order valence-corrected chi connectivity index (χ1v) is 7.32. The Kier molecular flexibility index (Phi) is 5.00. The molecule has 2 unspecified atom stereocenters. The van der Waals surface area contributed by atoms with Crippen molar-refractivity contribution in [3.8, 4) is 5.75 Å². The fourth-order valence-electron chi connectivity index (χ4n) is 3.27. The monoisotopic (exact) mass is 280 g/mol. The minimum absolute atomic E-state index is 0.274. The second kappa shape index (κ2) is 6.55. The molecule has 112 valence electrons. The smallest absolute Gasteiger partial charge is 0.165 e. The Hall–Kier alpha value is -1.13. The largest absolute Gasteiger partial charge is 0.494 e. The lowest BCUT2D eigenvalue weighted by Crippen LogP contribution is -2.33. The number of hydrogen-bond donors (Lipinski definition) is 1. The number of nitrogens with one attached hydrogen (secondary N) is 1. The van der Waals surface area contributed by atoms with Crippen molar-refractivity contribution in [3.05, 3.63) is 29.6 Å². The van der Waals surface area contributed by atoms with Gasteiger partial charge >= 0.3 is 0 Å². The summed E-state index contributed by atoms with van der Waals surface area (Å²) in [5.41, 5.74) is 1.05. The van der Waals surface area contributed by atoms with Gasteiger partial charge < -0.3 is 10.1 Å². The number of rotatable bonds is 5. The van der Waals surface area contributed by atoms with Crippen molar-refractivity contribution in [1.82, 2.24) is 10.2 Å². The van der Waals surface area contributed by atoms with Crippen LogP contribution in [-0.2, 0) is 0 Å².